The second-order valence-electron chi connectivity index (χ2n) is 4.64. The summed E-state index contributed by atoms with van der Waals surface area (Å²) in [5.74, 6) is 0.0478. The Kier molecular flexibility index (Phi) is 5.20. The molecule has 1 aliphatic carbocycles. The average Bonchev–Trinajstić information content (AvgIpc) is 2.72. The van der Waals surface area contributed by atoms with Crippen LogP contribution >= 0.6 is 28.3 Å². The fourth-order valence-corrected chi connectivity index (χ4v) is 2.93. The van der Waals surface area contributed by atoms with Crippen molar-refractivity contribution in [1.82, 2.24) is 0 Å². The van der Waals surface area contributed by atoms with Crippen LogP contribution in [0.1, 0.15) is 30.7 Å². The molecule has 0 radical (unpaired) electrons. The monoisotopic (exact) mass is 333 g/mol. The molecule has 3 nitrogen and oxygen atoms in total. The largest absolute Gasteiger partial charge is 0.468 e. The predicted octanol–water partition coefficient (Wildman–Crippen LogP) is 3.01. The van der Waals surface area contributed by atoms with E-state index in [-0.39, 0.29) is 18.4 Å². The van der Waals surface area contributed by atoms with Gasteiger partial charge in [-0.15, -0.1) is 12.4 Å². The van der Waals surface area contributed by atoms with Crippen molar-refractivity contribution in [2.24, 2.45) is 5.73 Å². The third kappa shape index (κ3) is 3.05. The highest BCUT2D eigenvalue weighted by molar-refractivity contribution is 9.10. The summed E-state index contributed by atoms with van der Waals surface area (Å²) in [6.45, 7) is 0. The average molecular weight is 335 g/mol. The lowest BCUT2D eigenvalue weighted by Gasteiger charge is -2.20. The van der Waals surface area contributed by atoms with Crippen LogP contribution in [0.3, 0.4) is 0 Å². The topological polar surface area (TPSA) is 52.3 Å². The number of hydrogen-bond donors (Lipinski definition) is 1. The highest BCUT2D eigenvalue weighted by Gasteiger charge is 2.43. The van der Waals surface area contributed by atoms with E-state index in [0.717, 1.165) is 10.9 Å². The van der Waals surface area contributed by atoms with E-state index >= 15 is 0 Å². The number of benzene rings is 1. The zero-order valence-electron chi connectivity index (χ0n) is 10.2. The van der Waals surface area contributed by atoms with Crippen molar-refractivity contribution < 1.29 is 9.53 Å². The fraction of sp³-hybridized carbons (Fsp3) is 0.462. The van der Waals surface area contributed by atoms with Gasteiger partial charge in [0.05, 0.1) is 7.11 Å². The molecule has 0 saturated heterocycles. The molecule has 0 spiro atoms. The van der Waals surface area contributed by atoms with Gasteiger partial charge in [-0.25, -0.2) is 0 Å². The standard InChI is InChI=1S/C13H16BrNO2.ClH/c1-17-12(16)13(15)6-5-10(8-13)9-3-2-4-11(14)7-9;/h2-4,7,10H,5-6,8,15H2,1H3;1H/t10-,13+;/m0./s1. The van der Waals surface area contributed by atoms with Crippen molar-refractivity contribution in [2.45, 2.75) is 30.7 Å². The first-order valence-electron chi connectivity index (χ1n) is 5.68. The van der Waals surface area contributed by atoms with E-state index in [1.54, 1.807) is 0 Å². The Morgan fingerprint density at radius 1 is 1.56 bits per heavy atom. The number of hydrogen-bond acceptors (Lipinski definition) is 3. The van der Waals surface area contributed by atoms with Crippen molar-refractivity contribution in [3.63, 3.8) is 0 Å². The molecule has 0 bridgehead atoms. The first-order chi connectivity index (χ1) is 8.05. The summed E-state index contributed by atoms with van der Waals surface area (Å²) < 4.78 is 5.83. The summed E-state index contributed by atoms with van der Waals surface area (Å²) in [5.41, 5.74) is 6.52. The molecule has 2 rings (SSSR count). The number of esters is 1. The van der Waals surface area contributed by atoms with Crippen LogP contribution in [0.5, 0.6) is 0 Å². The smallest absolute Gasteiger partial charge is 0.325 e. The van der Waals surface area contributed by atoms with Crippen LogP contribution in [-0.2, 0) is 9.53 Å². The van der Waals surface area contributed by atoms with Crippen LogP contribution in [0.25, 0.3) is 0 Å². The van der Waals surface area contributed by atoms with Gasteiger partial charge in [-0.05, 0) is 42.9 Å². The molecule has 100 valence electrons. The van der Waals surface area contributed by atoms with Crippen molar-refractivity contribution in [2.75, 3.05) is 7.11 Å². The van der Waals surface area contributed by atoms with Gasteiger partial charge >= 0.3 is 5.97 Å². The molecule has 0 heterocycles. The van der Waals surface area contributed by atoms with Gasteiger partial charge in [0.25, 0.3) is 0 Å². The Morgan fingerprint density at radius 2 is 2.28 bits per heavy atom. The Morgan fingerprint density at radius 3 is 2.89 bits per heavy atom. The van der Waals surface area contributed by atoms with E-state index < -0.39 is 5.54 Å². The van der Waals surface area contributed by atoms with E-state index in [4.69, 9.17) is 10.5 Å². The number of halogens is 2. The maximum atomic E-state index is 11.6. The fourth-order valence-electron chi connectivity index (χ4n) is 2.51. The molecule has 0 aromatic heterocycles. The summed E-state index contributed by atoms with van der Waals surface area (Å²) >= 11 is 3.46. The Bertz CT molecular complexity index is 441. The Balaban J connectivity index is 0.00000162. The molecule has 1 saturated carbocycles. The number of rotatable bonds is 2. The molecule has 0 aliphatic heterocycles. The summed E-state index contributed by atoms with van der Waals surface area (Å²) in [6, 6.07) is 8.18. The SMILES string of the molecule is COC(=O)[C@@]1(N)CC[C@H](c2cccc(Br)c2)C1.Cl. The minimum absolute atomic E-state index is 0. The molecule has 2 N–H and O–H groups in total. The van der Waals surface area contributed by atoms with E-state index in [1.807, 2.05) is 12.1 Å². The molecule has 1 aromatic rings. The van der Waals surface area contributed by atoms with Crippen LogP contribution in [0.2, 0.25) is 0 Å². The second kappa shape index (κ2) is 6.04. The van der Waals surface area contributed by atoms with Gasteiger partial charge in [-0.1, -0.05) is 28.1 Å². The molecule has 1 aliphatic rings. The molecule has 0 amide bonds. The highest BCUT2D eigenvalue weighted by atomic mass is 79.9. The van der Waals surface area contributed by atoms with E-state index in [9.17, 15) is 4.79 Å². The lowest BCUT2D eigenvalue weighted by atomic mass is 9.93. The summed E-state index contributed by atoms with van der Waals surface area (Å²) in [4.78, 5) is 11.6. The van der Waals surface area contributed by atoms with Crippen LogP contribution in [0.4, 0.5) is 0 Å². The first kappa shape index (κ1) is 15.5. The normalized spacial score (nSPS) is 26.5. The highest BCUT2D eigenvalue weighted by Crippen LogP contribution is 2.40. The summed E-state index contributed by atoms with van der Waals surface area (Å²) in [7, 11) is 1.39. The first-order valence-corrected chi connectivity index (χ1v) is 6.47. The van der Waals surface area contributed by atoms with Gasteiger partial charge < -0.3 is 10.5 Å². The molecular weight excluding hydrogens is 318 g/mol. The number of carbonyl (C=O) groups is 1. The van der Waals surface area contributed by atoms with E-state index in [0.29, 0.717) is 18.8 Å². The van der Waals surface area contributed by atoms with E-state index in [2.05, 4.69) is 28.1 Å². The van der Waals surface area contributed by atoms with Gasteiger partial charge in [0, 0.05) is 4.47 Å². The predicted molar refractivity (Wildman–Crippen MR) is 76.9 cm³/mol. The number of ether oxygens (including phenoxy) is 1. The van der Waals surface area contributed by atoms with Gasteiger partial charge in [0.1, 0.15) is 5.54 Å². The van der Waals surface area contributed by atoms with Crippen molar-refractivity contribution >= 4 is 34.3 Å². The lowest BCUT2D eigenvalue weighted by Crippen LogP contribution is -2.46. The zero-order valence-corrected chi connectivity index (χ0v) is 12.6. The molecule has 5 heteroatoms. The molecule has 18 heavy (non-hydrogen) atoms. The zero-order chi connectivity index (χ0) is 12.5. The van der Waals surface area contributed by atoms with Crippen molar-refractivity contribution in [3.05, 3.63) is 34.3 Å². The van der Waals surface area contributed by atoms with E-state index in [1.165, 1.54) is 12.7 Å². The van der Waals surface area contributed by atoms with Gasteiger partial charge in [0.15, 0.2) is 0 Å². The molecule has 1 aromatic carbocycles. The second-order valence-corrected chi connectivity index (χ2v) is 5.56. The number of nitrogens with two attached hydrogens (primary N) is 1. The molecule has 1 fully saturated rings. The maximum absolute atomic E-state index is 11.6. The van der Waals surface area contributed by atoms with Crippen LogP contribution < -0.4 is 5.73 Å². The van der Waals surface area contributed by atoms with Gasteiger partial charge in [-0.3, -0.25) is 4.79 Å². The Hall–Kier alpha value is -0.580. The molecule has 0 unspecified atom stereocenters. The lowest BCUT2D eigenvalue weighted by molar-refractivity contribution is -0.146. The van der Waals surface area contributed by atoms with Crippen LogP contribution in [-0.4, -0.2) is 18.6 Å². The number of carbonyl (C=O) groups excluding carboxylic acids is 1. The molecular formula is C13H17BrClNO2. The third-order valence-corrected chi connectivity index (χ3v) is 3.95. The third-order valence-electron chi connectivity index (χ3n) is 3.46. The summed E-state index contributed by atoms with van der Waals surface area (Å²) in [6.07, 6.45) is 2.29. The number of methoxy groups -OCH3 is 1. The summed E-state index contributed by atoms with van der Waals surface area (Å²) in [5, 5.41) is 0. The minimum atomic E-state index is -0.804. The minimum Gasteiger partial charge on any atom is -0.468 e. The maximum Gasteiger partial charge on any atom is 0.325 e. The van der Waals surface area contributed by atoms with Gasteiger partial charge in [-0.2, -0.15) is 0 Å². The van der Waals surface area contributed by atoms with Crippen molar-refractivity contribution in [3.8, 4) is 0 Å². The van der Waals surface area contributed by atoms with Gasteiger partial charge in [0.2, 0.25) is 0 Å². The van der Waals surface area contributed by atoms with Crippen LogP contribution in [0.15, 0.2) is 28.7 Å². The van der Waals surface area contributed by atoms with Crippen molar-refractivity contribution in [1.29, 1.82) is 0 Å². The Labute approximate surface area is 122 Å². The van der Waals surface area contributed by atoms with Crippen LogP contribution in [0, 0.1) is 0 Å². The quantitative estimate of drug-likeness (QED) is 0.846. The molecule has 2 atom stereocenters.